The molecule has 0 bridgehead atoms. The summed E-state index contributed by atoms with van der Waals surface area (Å²) >= 11 is 11.0. The molecule has 4 aromatic rings. The molecule has 0 fully saturated rings. The molecule has 4 nitrogen and oxygen atoms in total. The monoisotopic (exact) mass is 534 g/mol. The summed E-state index contributed by atoms with van der Waals surface area (Å²) in [5.41, 5.74) is 1.92. The molecule has 138 valence electrons. The first-order valence-electron chi connectivity index (χ1n) is 7.69. The van der Waals surface area contributed by atoms with Gasteiger partial charge in [-0.2, -0.15) is 5.10 Å². The van der Waals surface area contributed by atoms with Gasteiger partial charge in [-0.15, -0.1) is 22.0 Å². The summed E-state index contributed by atoms with van der Waals surface area (Å²) in [6.07, 6.45) is -2.65. The first-order valence-corrected chi connectivity index (χ1v) is 10.9. The van der Waals surface area contributed by atoms with E-state index in [9.17, 15) is 8.78 Å². The summed E-state index contributed by atoms with van der Waals surface area (Å²) in [5, 5.41) is 13.1. The SMILES string of the molecule is FC(F)c1nnc(-n2nc(I)c3c(Cl)cc(SCc4ccccc4)cc32)s1. The smallest absolute Gasteiger partial charge is 0.203 e. The highest BCUT2D eigenvalue weighted by Crippen LogP contribution is 2.36. The molecule has 0 N–H and O–H groups in total. The van der Waals surface area contributed by atoms with Gasteiger partial charge in [0, 0.05) is 10.6 Å². The van der Waals surface area contributed by atoms with Crippen LogP contribution in [0.1, 0.15) is 17.0 Å². The molecule has 2 heterocycles. The Bertz CT molecular complexity index is 1100. The van der Waals surface area contributed by atoms with Crippen molar-refractivity contribution in [1.82, 2.24) is 20.0 Å². The Balaban J connectivity index is 1.73. The van der Waals surface area contributed by atoms with Crippen molar-refractivity contribution in [3.8, 4) is 5.13 Å². The van der Waals surface area contributed by atoms with E-state index in [0.717, 1.165) is 32.9 Å². The van der Waals surface area contributed by atoms with Gasteiger partial charge in [0.05, 0.1) is 15.9 Å². The van der Waals surface area contributed by atoms with Crippen LogP contribution in [0.4, 0.5) is 8.78 Å². The van der Waals surface area contributed by atoms with E-state index in [-0.39, 0.29) is 5.01 Å². The Morgan fingerprint density at radius 1 is 1.19 bits per heavy atom. The lowest BCUT2D eigenvalue weighted by atomic mass is 10.2. The van der Waals surface area contributed by atoms with Gasteiger partial charge >= 0.3 is 0 Å². The summed E-state index contributed by atoms with van der Waals surface area (Å²) in [5.74, 6) is 0.794. The highest BCUT2D eigenvalue weighted by Gasteiger charge is 2.20. The molecule has 2 aromatic heterocycles. The minimum absolute atomic E-state index is 0.291. The van der Waals surface area contributed by atoms with E-state index in [1.807, 2.05) is 30.3 Å². The minimum Gasteiger partial charge on any atom is -0.203 e. The summed E-state index contributed by atoms with van der Waals surface area (Å²) in [4.78, 5) is 0.965. The Kier molecular flexibility index (Phi) is 5.62. The second-order valence-corrected chi connectivity index (χ2v) is 8.96. The number of halogens is 4. The summed E-state index contributed by atoms with van der Waals surface area (Å²) in [7, 11) is 0. The molecule has 0 aliphatic heterocycles. The molecule has 2 aromatic carbocycles. The van der Waals surface area contributed by atoms with Crippen LogP contribution in [0.2, 0.25) is 5.02 Å². The summed E-state index contributed by atoms with van der Waals surface area (Å²) in [6.45, 7) is 0. The lowest BCUT2D eigenvalue weighted by Gasteiger charge is -2.05. The van der Waals surface area contributed by atoms with Crippen LogP contribution < -0.4 is 0 Å². The van der Waals surface area contributed by atoms with Gasteiger partial charge in [-0.05, 0) is 40.3 Å². The Labute approximate surface area is 180 Å². The lowest BCUT2D eigenvalue weighted by molar-refractivity contribution is 0.150. The van der Waals surface area contributed by atoms with Gasteiger partial charge in [0.2, 0.25) is 5.13 Å². The van der Waals surface area contributed by atoms with Crippen LogP contribution in [0.5, 0.6) is 0 Å². The Morgan fingerprint density at radius 2 is 1.96 bits per heavy atom. The predicted molar refractivity (Wildman–Crippen MR) is 113 cm³/mol. The van der Waals surface area contributed by atoms with Gasteiger partial charge in [-0.25, -0.2) is 13.5 Å². The topological polar surface area (TPSA) is 43.6 Å². The second kappa shape index (κ2) is 7.98. The normalized spacial score (nSPS) is 11.6. The van der Waals surface area contributed by atoms with Crippen LogP contribution in [0.25, 0.3) is 16.0 Å². The molecule has 0 radical (unpaired) electrons. The number of thioether (sulfide) groups is 1. The van der Waals surface area contributed by atoms with Crippen molar-refractivity contribution in [2.75, 3.05) is 0 Å². The van der Waals surface area contributed by atoms with E-state index in [4.69, 9.17) is 11.6 Å². The van der Waals surface area contributed by atoms with Crippen molar-refractivity contribution in [1.29, 1.82) is 0 Å². The maximum atomic E-state index is 12.9. The zero-order chi connectivity index (χ0) is 19.0. The predicted octanol–water partition coefficient (Wildman–Crippen LogP) is 6.36. The Morgan fingerprint density at radius 3 is 2.67 bits per heavy atom. The second-order valence-electron chi connectivity index (χ2n) is 5.50. The Hall–Kier alpha value is -1.30. The van der Waals surface area contributed by atoms with Crippen molar-refractivity contribution < 1.29 is 8.78 Å². The van der Waals surface area contributed by atoms with Crippen LogP contribution in [0.3, 0.4) is 0 Å². The van der Waals surface area contributed by atoms with Crippen molar-refractivity contribution in [3.05, 3.63) is 61.8 Å². The minimum atomic E-state index is -2.65. The van der Waals surface area contributed by atoms with Gasteiger partial charge in [-0.1, -0.05) is 53.3 Å². The van der Waals surface area contributed by atoms with E-state index in [2.05, 4.69) is 50.0 Å². The fourth-order valence-corrected chi connectivity index (χ4v) is 5.40. The van der Waals surface area contributed by atoms with Crippen LogP contribution >= 0.6 is 57.3 Å². The van der Waals surface area contributed by atoms with Gasteiger partial charge in [0.15, 0.2) is 5.01 Å². The number of nitrogens with zero attached hydrogens (tertiary/aromatic N) is 4. The fourth-order valence-electron chi connectivity index (χ4n) is 2.50. The molecule has 0 aliphatic rings. The molecular formula is C17H10ClF2IN4S2. The summed E-state index contributed by atoms with van der Waals surface area (Å²) < 4.78 is 27.9. The van der Waals surface area contributed by atoms with Gasteiger partial charge in [-0.3, -0.25) is 0 Å². The third-order valence-corrected chi connectivity index (χ3v) is 6.72. The average molecular weight is 535 g/mol. The van der Waals surface area contributed by atoms with Crippen molar-refractivity contribution >= 4 is 68.2 Å². The molecule has 0 amide bonds. The number of alkyl halides is 2. The maximum Gasteiger partial charge on any atom is 0.291 e. The fraction of sp³-hybridized carbons (Fsp3) is 0.118. The van der Waals surface area contributed by atoms with Crippen molar-refractivity contribution in [2.24, 2.45) is 0 Å². The van der Waals surface area contributed by atoms with Crippen LogP contribution in [0, 0.1) is 3.70 Å². The number of aromatic nitrogens is 4. The number of fused-ring (bicyclic) bond motifs is 1. The molecule has 0 unspecified atom stereocenters. The third-order valence-electron chi connectivity index (χ3n) is 3.71. The first-order chi connectivity index (χ1) is 13.0. The number of rotatable bonds is 5. The summed E-state index contributed by atoms with van der Waals surface area (Å²) in [6, 6.07) is 14.0. The molecule has 0 aliphatic carbocycles. The maximum absolute atomic E-state index is 12.9. The van der Waals surface area contributed by atoms with E-state index in [1.165, 1.54) is 10.2 Å². The first kappa shape index (κ1) is 19.0. The van der Waals surface area contributed by atoms with Crippen LogP contribution in [0.15, 0.2) is 47.4 Å². The number of benzene rings is 2. The van der Waals surface area contributed by atoms with E-state index in [0.29, 0.717) is 13.9 Å². The molecular weight excluding hydrogens is 525 g/mol. The molecule has 27 heavy (non-hydrogen) atoms. The largest absolute Gasteiger partial charge is 0.291 e. The van der Waals surface area contributed by atoms with Gasteiger partial charge < -0.3 is 0 Å². The van der Waals surface area contributed by atoms with Crippen LogP contribution in [-0.4, -0.2) is 20.0 Å². The molecule has 0 saturated carbocycles. The third kappa shape index (κ3) is 3.96. The van der Waals surface area contributed by atoms with E-state index >= 15 is 0 Å². The number of hydrogen-bond acceptors (Lipinski definition) is 5. The average Bonchev–Trinajstić information content (AvgIpc) is 3.26. The molecule has 4 rings (SSSR count). The molecule has 0 atom stereocenters. The van der Waals surface area contributed by atoms with Gasteiger partial charge in [0.25, 0.3) is 6.43 Å². The van der Waals surface area contributed by atoms with E-state index in [1.54, 1.807) is 11.8 Å². The van der Waals surface area contributed by atoms with Crippen molar-refractivity contribution in [3.63, 3.8) is 0 Å². The lowest BCUT2D eigenvalue weighted by Crippen LogP contribution is -1.96. The zero-order valence-electron chi connectivity index (χ0n) is 13.4. The molecule has 0 saturated heterocycles. The standard InChI is InChI=1S/C17H10ClF2IN4S2/c18-11-6-10(26-8-9-4-2-1-3-5-9)7-12-13(11)15(21)24-25(12)17-23-22-16(27-17)14(19)20/h1-7,14H,8H2. The van der Waals surface area contributed by atoms with Crippen LogP contribution in [-0.2, 0) is 5.75 Å². The highest BCUT2D eigenvalue weighted by molar-refractivity contribution is 14.1. The number of hydrogen-bond donors (Lipinski definition) is 0. The quantitative estimate of drug-likeness (QED) is 0.221. The molecule has 0 spiro atoms. The molecule has 10 heteroatoms. The van der Waals surface area contributed by atoms with E-state index < -0.39 is 6.43 Å². The van der Waals surface area contributed by atoms with Crippen molar-refractivity contribution in [2.45, 2.75) is 17.1 Å². The highest BCUT2D eigenvalue weighted by atomic mass is 127. The van der Waals surface area contributed by atoms with Gasteiger partial charge in [0.1, 0.15) is 3.70 Å². The zero-order valence-corrected chi connectivity index (χ0v) is 18.0.